The van der Waals surface area contributed by atoms with Crippen LogP contribution in [0.15, 0.2) is 35.9 Å². The Kier molecular flexibility index (Phi) is 6.46. The molecule has 1 aliphatic heterocycles. The van der Waals surface area contributed by atoms with Gasteiger partial charge in [0.15, 0.2) is 6.10 Å². The van der Waals surface area contributed by atoms with Gasteiger partial charge in [0.25, 0.3) is 0 Å². The molecule has 0 bridgehead atoms. The molecule has 2 aromatic carbocycles. The molecule has 0 saturated carbocycles. The lowest BCUT2D eigenvalue weighted by Crippen LogP contribution is -2.21. The van der Waals surface area contributed by atoms with Crippen molar-refractivity contribution in [2.75, 3.05) is 20.0 Å². The molecule has 0 unspecified atom stereocenters. The van der Waals surface area contributed by atoms with Crippen molar-refractivity contribution in [1.82, 2.24) is 0 Å². The Balaban J connectivity index is 1.69. The largest absolute Gasteiger partial charge is 0.489 e. The van der Waals surface area contributed by atoms with Gasteiger partial charge in [-0.15, -0.1) is 0 Å². The molecule has 0 aliphatic carbocycles. The molecule has 0 radical (unpaired) electrons. The van der Waals surface area contributed by atoms with Crippen molar-refractivity contribution >= 4 is 24.0 Å². The first-order valence-corrected chi connectivity index (χ1v) is 8.73. The van der Waals surface area contributed by atoms with Crippen LogP contribution >= 0.6 is 11.6 Å². The average molecular weight is 413 g/mol. The normalized spacial score (nSPS) is 12.8. The molecule has 3 rings (SSSR count). The van der Waals surface area contributed by atoms with Crippen LogP contribution in [-0.4, -0.2) is 32.3 Å². The molecule has 0 fully saturated rings. The third kappa shape index (κ3) is 4.59. The van der Waals surface area contributed by atoms with E-state index < -0.39 is 25.3 Å². The Labute approximate surface area is 164 Å². The number of carbonyl (C=O) groups is 1. The fourth-order valence-corrected chi connectivity index (χ4v) is 2.80. The third-order valence-electron chi connectivity index (χ3n) is 3.98. The van der Waals surface area contributed by atoms with Crippen LogP contribution in [-0.2, 0) is 11.4 Å². The molecule has 0 aromatic heterocycles. The number of aldehydes is 1. The first-order valence-electron chi connectivity index (χ1n) is 8.36. The molecule has 28 heavy (non-hydrogen) atoms. The first-order chi connectivity index (χ1) is 13.5. The van der Waals surface area contributed by atoms with Crippen molar-refractivity contribution in [2.45, 2.75) is 12.7 Å². The molecule has 0 amide bonds. The minimum Gasteiger partial charge on any atom is -0.489 e. The number of hydrogen-bond acceptors (Lipinski definition) is 4. The molecule has 2 aromatic rings. The van der Waals surface area contributed by atoms with Gasteiger partial charge in [-0.3, -0.25) is 4.79 Å². The highest BCUT2D eigenvalue weighted by Crippen LogP contribution is 2.33. The van der Waals surface area contributed by atoms with Gasteiger partial charge < -0.3 is 14.2 Å². The summed E-state index contributed by atoms with van der Waals surface area (Å²) in [6.07, 6.45) is 0.852. The molecule has 1 heterocycles. The Bertz CT molecular complexity index is 897. The zero-order valence-corrected chi connectivity index (χ0v) is 15.3. The maximum atomic E-state index is 14.3. The number of hydrogen-bond donors (Lipinski definition) is 0. The standard InChI is InChI=1S/C20H16ClF3O4/c21-17-4-12(1-2-19(17)28-15(7-22)8-23)10-26-14-5-18(24)16-3-13(9-25)11-27-20(16)6-14/h1-6,9,15H,7-8,10-11H2. The summed E-state index contributed by atoms with van der Waals surface area (Å²) < 4.78 is 55.5. The van der Waals surface area contributed by atoms with Crippen LogP contribution in [0, 0.1) is 5.82 Å². The first kappa shape index (κ1) is 20.1. The van der Waals surface area contributed by atoms with Gasteiger partial charge in [-0.05, 0) is 23.8 Å². The number of alkyl halides is 2. The van der Waals surface area contributed by atoms with Crippen molar-refractivity contribution in [1.29, 1.82) is 0 Å². The molecule has 0 spiro atoms. The number of rotatable bonds is 8. The fourth-order valence-electron chi connectivity index (χ4n) is 2.55. The van der Waals surface area contributed by atoms with Crippen LogP contribution in [0.1, 0.15) is 11.1 Å². The maximum Gasteiger partial charge on any atom is 0.155 e. The lowest BCUT2D eigenvalue weighted by molar-refractivity contribution is -0.105. The lowest BCUT2D eigenvalue weighted by Gasteiger charge is -2.17. The Hall–Kier alpha value is -2.67. The second-order valence-electron chi connectivity index (χ2n) is 6.04. The third-order valence-corrected chi connectivity index (χ3v) is 4.28. The van der Waals surface area contributed by atoms with Crippen LogP contribution in [0.25, 0.3) is 6.08 Å². The van der Waals surface area contributed by atoms with Crippen LogP contribution in [0.5, 0.6) is 17.2 Å². The van der Waals surface area contributed by atoms with E-state index in [2.05, 4.69) is 0 Å². The highest BCUT2D eigenvalue weighted by atomic mass is 35.5. The van der Waals surface area contributed by atoms with Gasteiger partial charge in [0.2, 0.25) is 0 Å². The highest BCUT2D eigenvalue weighted by Gasteiger charge is 2.17. The second-order valence-corrected chi connectivity index (χ2v) is 6.45. The number of ether oxygens (including phenoxy) is 3. The van der Waals surface area contributed by atoms with Crippen LogP contribution in [0.4, 0.5) is 13.2 Å². The van der Waals surface area contributed by atoms with E-state index in [4.69, 9.17) is 25.8 Å². The molecule has 0 atom stereocenters. The van der Waals surface area contributed by atoms with Crippen molar-refractivity contribution in [2.24, 2.45) is 0 Å². The summed E-state index contributed by atoms with van der Waals surface area (Å²) >= 11 is 6.08. The SMILES string of the molecule is O=CC1=Cc2c(F)cc(OCc3ccc(OC(CF)CF)c(Cl)c3)cc2OC1. The van der Waals surface area contributed by atoms with Gasteiger partial charge in [-0.25, -0.2) is 13.2 Å². The number of fused-ring (bicyclic) bond motifs is 1. The molecule has 4 nitrogen and oxygen atoms in total. The summed E-state index contributed by atoms with van der Waals surface area (Å²) in [5.41, 5.74) is 1.19. The molecule has 8 heteroatoms. The summed E-state index contributed by atoms with van der Waals surface area (Å²) in [5.74, 6) is 0.116. The van der Waals surface area contributed by atoms with E-state index in [9.17, 15) is 18.0 Å². The molecule has 0 saturated heterocycles. The zero-order chi connectivity index (χ0) is 20.1. The quantitative estimate of drug-likeness (QED) is 0.588. The van der Waals surface area contributed by atoms with E-state index in [0.717, 1.165) is 0 Å². The molecular weight excluding hydrogens is 397 g/mol. The summed E-state index contributed by atoms with van der Waals surface area (Å²) in [6, 6.07) is 7.37. The van der Waals surface area contributed by atoms with Crippen molar-refractivity contribution < 1.29 is 32.2 Å². The predicted octanol–water partition coefficient (Wildman–Crippen LogP) is 4.72. The van der Waals surface area contributed by atoms with Gasteiger partial charge in [-0.2, -0.15) is 0 Å². The smallest absolute Gasteiger partial charge is 0.155 e. The van der Waals surface area contributed by atoms with Gasteiger partial charge in [0.1, 0.15) is 55.9 Å². The van der Waals surface area contributed by atoms with Gasteiger partial charge in [-0.1, -0.05) is 17.7 Å². The van der Waals surface area contributed by atoms with Crippen LogP contribution < -0.4 is 14.2 Å². The summed E-state index contributed by atoms with van der Waals surface area (Å²) in [6.45, 7) is -1.79. The van der Waals surface area contributed by atoms with Crippen LogP contribution in [0.2, 0.25) is 5.02 Å². The van der Waals surface area contributed by atoms with E-state index in [1.807, 2.05) is 0 Å². The van der Waals surface area contributed by atoms with Gasteiger partial charge >= 0.3 is 0 Å². The van der Waals surface area contributed by atoms with Crippen molar-refractivity contribution in [3.05, 3.63) is 57.9 Å². The van der Waals surface area contributed by atoms with E-state index >= 15 is 0 Å². The number of halogens is 4. The van der Waals surface area contributed by atoms with E-state index in [0.29, 0.717) is 17.4 Å². The Morgan fingerprint density at radius 3 is 2.68 bits per heavy atom. The van der Waals surface area contributed by atoms with Crippen molar-refractivity contribution in [3.8, 4) is 17.2 Å². The highest BCUT2D eigenvalue weighted by molar-refractivity contribution is 6.32. The van der Waals surface area contributed by atoms with Gasteiger partial charge in [0.05, 0.1) is 10.6 Å². The second kappa shape index (κ2) is 9.01. The Morgan fingerprint density at radius 1 is 1.21 bits per heavy atom. The van der Waals surface area contributed by atoms with E-state index in [-0.39, 0.29) is 41.0 Å². The van der Waals surface area contributed by atoms with Gasteiger partial charge in [0, 0.05) is 17.7 Å². The number of benzene rings is 2. The number of carbonyl (C=O) groups excluding carboxylic acids is 1. The minimum absolute atomic E-state index is 0.0647. The summed E-state index contributed by atoms with van der Waals surface area (Å²) in [7, 11) is 0. The summed E-state index contributed by atoms with van der Waals surface area (Å²) in [5, 5.41) is 0.180. The fraction of sp³-hybridized carbons (Fsp3) is 0.250. The topological polar surface area (TPSA) is 44.8 Å². The lowest BCUT2D eigenvalue weighted by atomic mass is 10.1. The van der Waals surface area contributed by atoms with Crippen molar-refractivity contribution in [3.63, 3.8) is 0 Å². The molecular formula is C20H16ClF3O4. The van der Waals surface area contributed by atoms with Crippen LogP contribution in [0.3, 0.4) is 0 Å². The summed E-state index contributed by atoms with van der Waals surface area (Å²) in [4.78, 5) is 10.8. The molecule has 1 aliphatic rings. The van der Waals surface area contributed by atoms with E-state index in [1.54, 1.807) is 6.07 Å². The Morgan fingerprint density at radius 2 is 2.00 bits per heavy atom. The molecule has 148 valence electrons. The average Bonchev–Trinajstić information content (AvgIpc) is 2.71. The predicted molar refractivity (Wildman–Crippen MR) is 98.1 cm³/mol. The molecule has 0 N–H and O–H groups in total. The maximum absolute atomic E-state index is 14.3. The zero-order valence-electron chi connectivity index (χ0n) is 14.6. The monoisotopic (exact) mass is 412 g/mol. The van der Waals surface area contributed by atoms with E-state index in [1.165, 1.54) is 30.3 Å². The minimum atomic E-state index is -1.20.